The van der Waals surface area contributed by atoms with Crippen molar-refractivity contribution < 1.29 is 24.2 Å². The van der Waals surface area contributed by atoms with Crippen molar-refractivity contribution in [3.05, 3.63) is 35.6 Å². The molecule has 0 aliphatic heterocycles. The van der Waals surface area contributed by atoms with E-state index in [4.69, 9.17) is 5.11 Å². The number of aliphatic hydroxyl groups is 1. The fourth-order valence-corrected chi connectivity index (χ4v) is 2.07. The van der Waals surface area contributed by atoms with Crippen LogP contribution >= 0.6 is 0 Å². The molecule has 2 N–H and O–H groups in total. The van der Waals surface area contributed by atoms with E-state index in [0.717, 1.165) is 18.9 Å². The molecule has 1 fully saturated rings. The molecule has 0 bridgehead atoms. The van der Waals surface area contributed by atoms with Gasteiger partial charge in [0.15, 0.2) is 0 Å². The molecule has 0 saturated heterocycles. The van der Waals surface area contributed by atoms with Crippen molar-refractivity contribution in [2.45, 2.75) is 31.4 Å². The van der Waals surface area contributed by atoms with E-state index in [1.807, 2.05) is 0 Å². The van der Waals surface area contributed by atoms with Crippen molar-refractivity contribution >= 4 is 11.9 Å². The largest absolute Gasteiger partial charge is 0.480 e. The molecule has 108 valence electrons. The van der Waals surface area contributed by atoms with Crippen molar-refractivity contribution in [3.63, 3.8) is 0 Å². The molecule has 1 aromatic carbocycles. The van der Waals surface area contributed by atoms with Crippen LogP contribution in [0, 0.1) is 5.82 Å². The van der Waals surface area contributed by atoms with Crippen molar-refractivity contribution in [3.8, 4) is 0 Å². The van der Waals surface area contributed by atoms with Gasteiger partial charge in [-0.05, 0) is 30.5 Å². The number of hydrogen-bond donors (Lipinski definition) is 2. The summed E-state index contributed by atoms with van der Waals surface area (Å²) in [7, 11) is 0. The third-order valence-corrected chi connectivity index (χ3v) is 3.22. The van der Waals surface area contributed by atoms with Gasteiger partial charge in [-0.2, -0.15) is 0 Å². The smallest absolute Gasteiger partial charge is 0.323 e. The molecule has 0 unspecified atom stereocenters. The SMILES string of the molecule is O=C(O)CN(C(=O)C[C@@H](O)c1cccc(F)c1)C1CC1. The average Bonchev–Trinajstić information content (AvgIpc) is 3.19. The number of aliphatic hydroxyl groups excluding tert-OH is 1. The lowest BCUT2D eigenvalue weighted by Crippen LogP contribution is -2.38. The fourth-order valence-electron chi connectivity index (χ4n) is 2.07. The molecule has 20 heavy (non-hydrogen) atoms. The van der Waals surface area contributed by atoms with Crippen LogP contribution < -0.4 is 0 Å². The molecule has 1 saturated carbocycles. The highest BCUT2D eigenvalue weighted by Gasteiger charge is 2.34. The number of carboxylic acid groups (broad SMARTS) is 1. The van der Waals surface area contributed by atoms with E-state index in [0.29, 0.717) is 5.56 Å². The Hall–Kier alpha value is -1.95. The molecule has 1 aliphatic rings. The zero-order valence-electron chi connectivity index (χ0n) is 10.8. The van der Waals surface area contributed by atoms with Gasteiger partial charge in [-0.3, -0.25) is 9.59 Å². The van der Waals surface area contributed by atoms with Crippen LogP contribution in [-0.2, 0) is 9.59 Å². The maximum absolute atomic E-state index is 13.0. The predicted molar refractivity (Wildman–Crippen MR) is 68.3 cm³/mol. The van der Waals surface area contributed by atoms with Gasteiger partial charge < -0.3 is 15.1 Å². The average molecular weight is 281 g/mol. The molecule has 0 aromatic heterocycles. The molecule has 0 heterocycles. The number of aliphatic carboxylic acids is 1. The summed E-state index contributed by atoms with van der Waals surface area (Å²) in [5.41, 5.74) is 0.310. The Kier molecular flexibility index (Phi) is 4.34. The molecule has 0 radical (unpaired) electrons. The van der Waals surface area contributed by atoms with Gasteiger partial charge in [0.05, 0.1) is 12.5 Å². The number of rotatable bonds is 6. The molecule has 1 aromatic rings. The number of carbonyl (C=O) groups is 2. The number of carboxylic acids is 1. The summed E-state index contributed by atoms with van der Waals surface area (Å²) < 4.78 is 13.0. The van der Waals surface area contributed by atoms with E-state index in [9.17, 15) is 19.1 Å². The Balaban J connectivity index is 2.00. The van der Waals surface area contributed by atoms with Crippen LogP contribution in [0.25, 0.3) is 0 Å². The highest BCUT2D eigenvalue weighted by Crippen LogP contribution is 2.28. The lowest BCUT2D eigenvalue weighted by Gasteiger charge is -2.22. The van der Waals surface area contributed by atoms with Gasteiger partial charge in [0.1, 0.15) is 12.4 Å². The van der Waals surface area contributed by atoms with E-state index in [1.165, 1.54) is 23.1 Å². The second kappa shape index (κ2) is 6.00. The maximum Gasteiger partial charge on any atom is 0.323 e. The number of halogens is 1. The number of amides is 1. The van der Waals surface area contributed by atoms with Crippen molar-refractivity contribution in [1.82, 2.24) is 4.90 Å². The van der Waals surface area contributed by atoms with Crippen LogP contribution in [0.5, 0.6) is 0 Å². The van der Waals surface area contributed by atoms with E-state index in [1.54, 1.807) is 0 Å². The molecule has 5 nitrogen and oxygen atoms in total. The summed E-state index contributed by atoms with van der Waals surface area (Å²) in [6, 6.07) is 5.35. The normalized spacial score (nSPS) is 15.7. The Morgan fingerprint density at radius 3 is 2.65 bits per heavy atom. The molecule has 1 amide bonds. The summed E-state index contributed by atoms with van der Waals surface area (Å²) >= 11 is 0. The second-order valence-electron chi connectivity index (χ2n) is 4.92. The summed E-state index contributed by atoms with van der Waals surface area (Å²) in [4.78, 5) is 24.0. The van der Waals surface area contributed by atoms with Crippen LogP contribution in [0.4, 0.5) is 4.39 Å². The first-order valence-electron chi connectivity index (χ1n) is 6.42. The molecule has 1 aliphatic carbocycles. The molecular weight excluding hydrogens is 265 g/mol. The monoisotopic (exact) mass is 281 g/mol. The second-order valence-corrected chi connectivity index (χ2v) is 4.92. The standard InChI is InChI=1S/C14H16FNO4/c15-10-3-1-2-9(6-10)12(17)7-13(18)16(8-14(19)20)11-4-5-11/h1-3,6,11-12,17H,4-5,7-8H2,(H,19,20)/t12-/m1/s1. The lowest BCUT2D eigenvalue weighted by molar-refractivity contribution is -0.145. The van der Waals surface area contributed by atoms with Gasteiger partial charge in [-0.15, -0.1) is 0 Å². The third kappa shape index (κ3) is 3.77. The summed E-state index contributed by atoms with van der Waals surface area (Å²) in [5, 5.41) is 18.7. The number of carbonyl (C=O) groups excluding carboxylic acids is 1. The van der Waals surface area contributed by atoms with Gasteiger partial charge in [-0.1, -0.05) is 12.1 Å². The lowest BCUT2D eigenvalue weighted by atomic mass is 10.1. The van der Waals surface area contributed by atoms with Crippen LogP contribution in [0.1, 0.15) is 30.9 Å². The van der Waals surface area contributed by atoms with Crippen LogP contribution in [0.15, 0.2) is 24.3 Å². The third-order valence-electron chi connectivity index (χ3n) is 3.22. The summed E-state index contributed by atoms with van der Waals surface area (Å²) in [6.07, 6.45) is 0.199. The Morgan fingerprint density at radius 1 is 1.40 bits per heavy atom. The Bertz CT molecular complexity index is 516. The van der Waals surface area contributed by atoms with Gasteiger partial charge >= 0.3 is 5.97 Å². The van der Waals surface area contributed by atoms with Gasteiger partial charge in [0.2, 0.25) is 5.91 Å². The van der Waals surface area contributed by atoms with E-state index in [-0.39, 0.29) is 19.0 Å². The van der Waals surface area contributed by atoms with Crippen molar-refractivity contribution in [2.24, 2.45) is 0 Å². The van der Waals surface area contributed by atoms with Crippen molar-refractivity contribution in [2.75, 3.05) is 6.54 Å². The molecular formula is C14H16FNO4. The molecule has 2 rings (SSSR count). The predicted octanol–water partition coefficient (Wildman–Crippen LogP) is 1.32. The van der Waals surface area contributed by atoms with Crippen LogP contribution in [0.2, 0.25) is 0 Å². The number of nitrogens with zero attached hydrogens (tertiary/aromatic N) is 1. The highest BCUT2D eigenvalue weighted by molar-refractivity contribution is 5.82. The number of hydrogen-bond acceptors (Lipinski definition) is 3. The van der Waals surface area contributed by atoms with E-state index in [2.05, 4.69) is 0 Å². The molecule has 1 atom stereocenters. The van der Waals surface area contributed by atoms with Crippen LogP contribution in [0.3, 0.4) is 0 Å². The minimum atomic E-state index is -1.13. The number of benzene rings is 1. The minimum Gasteiger partial charge on any atom is -0.480 e. The summed E-state index contributed by atoms with van der Waals surface area (Å²) in [5.74, 6) is -1.99. The minimum absolute atomic E-state index is 0.0432. The van der Waals surface area contributed by atoms with E-state index >= 15 is 0 Å². The first-order valence-corrected chi connectivity index (χ1v) is 6.42. The topological polar surface area (TPSA) is 77.8 Å². The van der Waals surface area contributed by atoms with Gasteiger partial charge in [0, 0.05) is 6.04 Å². The van der Waals surface area contributed by atoms with Gasteiger partial charge in [-0.25, -0.2) is 4.39 Å². The Labute approximate surface area is 115 Å². The summed E-state index contributed by atoms with van der Waals surface area (Å²) in [6.45, 7) is -0.362. The molecule has 6 heteroatoms. The van der Waals surface area contributed by atoms with Gasteiger partial charge in [0.25, 0.3) is 0 Å². The Morgan fingerprint density at radius 2 is 2.10 bits per heavy atom. The maximum atomic E-state index is 13.0. The zero-order chi connectivity index (χ0) is 14.7. The quantitative estimate of drug-likeness (QED) is 0.824. The fraction of sp³-hybridized carbons (Fsp3) is 0.429. The highest BCUT2D eigenvalue weighted by atomic mass is 19.1. The molecule has 0 spiro atoms. The first-order chi connectivity index (χ1) is 9.47. The zero-order valence-corrected chi connectivity index (χ0v) is 10.8. The van der Waals surface area contributed by atoms with Crippen LogP contribution in [-0.4, -0.2) is 39.6 Å². The van der Waals surface area contributed by atoms with E-state index < -0.39 is 23.8 Å². The van der Waals surface area contributed by atoms with Crippen molar-refractivity contribution in [1.29, 1.82) is 0 Å². The first kappa shape index (κ1) is 14.5.